The van der Waals surface area contributed by atoms with Crippen LogP contribution >= 0.6 is 0 Å². The number of carbonyl (C=O) groups is 5. The number of fused-ring (bicyclic) bond motifs is 1. The molecule has 2 aromatic rings. The Kier molecular flexibility index (Phi) is 6.77. The second kappa shape index (κ2) is 9.68. The van der Waals surface area contributed by atoms with Crippen molar-refractivity contribution in [1.82, 2.24) is 15.1 Å². The second-order valence-corrected chi connectivity index (χ2v) is 9.99. The van der Waals surface area contributed by atoms with Crippen LogP contribution in [-0.4, -0.2) is 64.3 Å². The molecule has 0 saturated carbocycles. The lowest BCUT2D eigenvalue weighted by Gasteiger charge is -2.31. The fourth-order valence-corrected chi connectivity index (χ4v) is 4.94. The second-order valence-electron chi connectivity index (χ2n) is 9.99. The maximum atomic E-state index is 13.3. The molecule has 2 N–H and O–H groups in total. The van der Waals surface area contributed by atoms with Gasteiger partial charge in [-0.25, -0.2) is 4.79 Å². The lowest BCUT2D eigenvalue weighted by Crippen LogP contribution is -2.49. The Morgan fingerprint density at radius 3 is 2.38 bits per heavy atom. The zero-order valence-electron chi connectivity index (χ0n) is 21.3. The summed E-state index contributed by atoms with van der Waals surface area (Å²) in [4.78, 5) is 65.2. The number of benzene rings is 2. The molecule has 5 amide bonds. The molecule has 1 fully saturated rings. The summed E-state index contributed by atoms with van der Waals surface area (Å²) in [5.74, 6) is -1.85. The first-order valence-electron chi connectivity index (χ1n) is 11.9. The summed E-state index contributed by atoms with van der Waals surface area (Å²) in [7, 11) is 1.60. The van der Waals surface area contributed by atoms with Crippen molar-refractivity contribution in [1.29, 1.82) is 0 Å². The number of imide groups is 1. The fourth-order valence-electron chi connectivity index (χ4n) is 4.94. The Labute approximate surface area is 214 Å². The van der Waals surface area contributed by atoms with Gasteiger partial charge in [-0.15, -0.1) is 0 Å². The fraction of sp³-hybridized carbons (Fsp3) is 0.370. The van der Waals surface area contributed by atoms with Crippen molar-refractivity contribution in [2.45, 2.75) is 51.3 Å². The third-order valence-electron chi connectivity index (χ3n) is 6.80. The molecule has 37 heavy (non-hydrogen) atoms. The zero-order valence-corrected chi connectivity index (χ0v) is 21.3. The van der Waals surface area contributed by atoms with Gasteiger partial charge in [0.25, 0.3) is 11.8 Å². The van der Waals surface area contributed by atoms with Crippen LogP contribution < -0.4 is 10.6 Å². The van der Waals surface area contributed by atoms with Crippen molar-refractivity contribution in [2.75, 3.05) is 18.9 Å². The molecule has 1 spiro atoms. The quantitative estimate of drug-likeness (QED) is 0.437. The molecule has 1 atom stereocenters. The minimum absolute atomic E-state index is 0.153. The van der Waals surface area contributed by atoms with Gasteiger partial charge in [0.2, 0.25) is 5.91 Å². The summed E-state index contributed by atoms with van der Waals surface area (Å²) < 4.78 is 5.22. The van der Waals surface area contributed by atoms with Gasteiger partial charge in [-0.2, -0.15) is 0 Å². The van der Waals surface area contributed by atoms with E-state index in [1.807, 2.05) is 36.4 Å². The van der Waals surface area contributed by atoms with E-state index in [2.05, 4.69) is 10.6 Å². The molecule has 194 valence electrons. The van der Waals surface area contributed by atoms with E-state index in [4.69, 9.17) is 4.74 Å². The Hall–Kier alpha value is -4.21. The van der Waals surface area contributed by atoms with E-state index in [1.165, 1.54) is 30.6 Å². The normalized spacial score (nSPS) is 18.4. The van der Waals surface area contributed by atoms with Crippen molar-refractivity contribution in [3.63, 3.8) is 0 Å². The predicted molar refractivity (Wildman–Crippen MR) is 134 cm³/mol. The van der Waals surface area contributed by atoms with Gasteiger partial charge in [0.05, 0.1) is 0 Å². The number of amides is 5. The summed E-state index contributed by atoms with van der Waals surface area (Å²) in [5.41, 5.74) is 0.719. The van der Waals surface area contributed by atoms with Crippen molar-refractivity contribution >= 4 is 35.4 Å². The van der Waals surface area contributed by atoms with Gasteiger partial charge in [0, 0.05) is 39.0 Å². The van der Waals surface area contributed by atoms with Crippen LogP contribution in [0.15, 0.2) is 48.5 Å². The van der Waals surface area contributed by atoms with Crippen LogP contribution in [0.25, 0.3) is 0 Å². The highest BCUT2D eigenvalue weighted by atomic mass is 16.6. The van der Waals surface area contributed by atoms with Crippen molar-refractivity contribution in [3.8, 4) is 0 Å². The highest BCUT2D eigenvalue weighted by molar-refractivity contribution is 6.07. The highest BCUT2D eigenvalue weighted by Crippen LogP contribution is 2.38. The van der Waals surface area contributed by atoms with Crippen LogP contribution in [0.5, 0.6) is 0 Å². The number of esters is 1. The summed E-state index contributed by atoms with van der Waals surface area (Å²) in [6.45, 7) is 4.09. The first-order valence-corrected chi connectivity index (χ1v) is 11.9. The van der Waals surface area contributed by atoms with Gasteiger partial charge in [-0.1, -0.05) is 36.4 Å². The van der Waals surface area contributed by atoms with Gasteiger partial charge in [-0.3, -0.25) is 24.5 Å². The number of urea groups is 1. The average molecular weight is 507 g/mol. The Bertz CT molecular complexity index is 1270. The van der Waals surface area contributed by atoms with E-state index in [-0.39, 0.29) is 19.0 Å². The van der Waals surface area contributed by atoms with Gasteiger partial charge in [0.15, 0.2) is 5.60 Å². The number of nitrogens with one attached hydrogen (secondary N) is 2. The molecule has 0 aromatic heterocycles. The number of likely N-dealkylation sites (N-methyl/N-ethyl adjacent to an activating group) is 1. The molecule has 10 heteroatoms. The zero-order chi connectivity index (χ0) is 27.0. The molecule has 1 heterocycles. The van der Waals surface area contributed by atoms with E-state index in [1.54, 1.807) is 19.2 Å². The maximum absolute atomic E-state index is 13.3. The summed E-state index contributed by atoms with van der Waals surface area (Å²) >= 11 is 0. The standard InChI is InChI=1S/C27H30N4O6/c1-17(32)37-26(2,3)24(35)31(15-18-8-6-5-7-9-18)16-22(33)28-21-11-10-19-13-27(14-20(19)12-21)23(34)29-25(36)30(27)4/h5-12H,13-16H2,1-4H3,(H,28,33)(H,29,34,36). The first-order chi connectivity index (χ1) is 17.4. The van der Waals surface area contributed by atoms with E-state index in [0.717, 1.165) is 16.7 Å². The molecular formula is C27H30N4O6. The number of rotatable bonds is 7. The van der Waals surface area contributed by atoms with Gasteiger partial charge >= 0.3 is 12.0 Å². The van der Waals surface area contributed by atoms with Gasteiger partial charge < -0.3 is 19.9 Å². The van der Waals surface area contributed by atoms with Gasteiger partial charge in [-0.05, 0) is 42.7 Å². The van der Waals surface area contributed by atoms with E-state index >= 15 is 0 Å². The Morgan fingerprint density at radius 2 is 1.76 bits per heavy atom. The molecule has 1 aliphatic heterocycles. The van der Waals surface area contributed by atoms with Crippen LogP contribution in [0, 0.1) is 0 Å². The summed E-state index contributed by atoms with van der Waals surface area (Å²) in [6, 6.07) is 14.1. The van der Waals surface area contributed by atoms with Crippen molar-refractivity contribution < 1.29 is 28.7 Å². The first kappa shape index (κ1) is 25.9. The molecule has 2 aliphatic rings. The van der Waals surface area contributed by atoms with Crippen LogP contribution in [0.4, 0.5) is 10.5 Å². The highest BCUT2D eigenvalue weighted by Gasteiger charge is 2.54. The number of anilines is 1. The number of carbonyl (C=O) groups excluding carboxylic acids is 5. The lowest BCUT2D eigenvalue weighted by molar-refractivity contribution is -0.169. The molecule has 0 bridgehead atoms. The molecular weight excluding hydrogens is 476 g/mol. The monoisotopic (exact) mass is 506 g/mol. The maximum Gasteiger partial charge on any atom is 0.324 e. The number of hydrogen-bond acceptors (Lipinski definition) is 6. The lowest BCUT2D eigenvalue weighted by atomic mass is 9.95. The molecule has 4 rings (SSSR count). The number of nitrogens with zero attached hydrogens (tertiary/aromatic N) is 2. The average Bonchev–Trinajstić information content (AvgIpc) is 3.30. The molecule has 2 aromatic carbocycles. The van der Waals surface area contributed by atoms with Crippen molar-refractivity contribution in [3.05, 3.63) is 65.2 Å². The largest absolute Gasteiger partial charge is 0.450 e. The van der Waals surface area contributed by atoms with E-state index in [0.29, 0.717) is 18.5 Å². The molecule has 1 aliphatic carbocycles. The number of hydrogen-bond donors (Lipinski definition) is 2. The Morgan fingerprint density at radius 1 is 1.08 bits per heavy atom. The third kappa shape index (κ3) is 5.18. The van der Waals surface area contributed by atoms with Crippen LogP contribution in [0.1, 0.15) is 37.5 Å². The summed E-state index contributed by atoms with van der Waals surface area (Å²) in [5, 5.41) is 5.19. The molecule has 10 nitrogen and oxygen atoms in total. The van der Waals surface area contributed by atoms with E-state index in [9.17, 15) is 24.0 Å². The van der Waals surface area contributed by atoms with Crippen LogP contribution in [-0.2, 0) is 43.3 Å². The van der Waals surface area contributed by atoms with Crippen molar-refractivity contribution in [2.24, 2.45) is 0 Å². The minimum Gasteiger partial charge on any atom is -0.450 e. The van der Waals surface area contributed by atoms with Crippen LogP contribution in [0.3, 0.4) is 0 Å². The molecule has 0 radical (unpaired) electrons. The van der Waals surface area contributed by atoms with E-state index < -0.39 is 35.0 Å². The van der Waals surface area contributed by atoms with Crippen LogP contribution in [0.2, 0.25) is 0 Å². The third-order valence-corrected chi connectivity index (χ3v) is 6.80. The Balaban J connectivity index is 1.49. The molecule has 1 unspecified atom stereocenters. The summed E-state index contributed by atoms with van der Waals surface area (Å²) in [6.07, 6.45) is 0.741. The molecule has 1 saturated heterocycles. The van der Waals surface area contributed by atoms with Gasteiger partial charge in [0.1, 0.15) is 12.1 Å². The smallest absolute Gasteiger partial charge is 0.324 e. The SMILES string of the molecule is CC(=O)OC(C)(C)C(=O)N(CC(=O)Nc1ccc2c(c1)CC1(C2)C(=O)NC(=O)N1C)Cc1ccccc1. The predicted octanol–water partition coefficient (Wildman–Crippen LogP) is 2.01. The topological polar surface area (TPSA) is 125 Å². The number of ether oxygens (including phenoxy) is 1. The minimum atomic E-state index is -1.45.